The summed E-state index contributed by atoms with van der Waals surface area (Å²) in [5.74, 6) is 0.209. The van der Waals surface area contributed by atoms with E-state index in [2.05, 4.69) is 15.4 Å². The minimum absolute atomic E-state index is 0.0248. The average Bonchev–Trinajstić information content (AvgIpc) is 2.91. The number of hydrogen-bond donors (Lipinski definition) is 3. The Labute approximate surface area is 140 Å². The van der Waals surface area contributed by atoms with Gasteiger partial charge in [-0.3, -0.25) is 4.79 Å². The Morgan fingerprint density at radius 3 is 2.74 bits per heavy atom. The molecule has 0 radical (unpaired) electrons. The molecule has 0 aromatic heterocycles. The van der Waals surface area contributed by atoms with Crippen LogP contribution < -0.4 is 15.4 Å². The van der Waals surface area contributed by atoms with Crippen molar-refractivity contribution in [2.24, 2.45) is 5.92 Å². The van der Waals surface area contributed by atoms with E-state index < -0.39 is 10.0 Å². The summed E-state index contributed by atoms with van der Waals surface area (Å²) in [6.07, 6.45) is 4.97. The van der Waals surface area contributed by atoms with Crippen LogP contribution in [0.25, 0.3) is 0 Å². The van der Waals surface area contributed by atoms with Crippen LogP contribution >= 0.6 is 0 Å². The van der Waals surface area contributed by atoms with Crippen molar-refractivity contribution in [2.45, 2.75) is 51.6 Å². The summed E-state index contributed by atoms with van der Waals surface area (Å²) in [6, 6.07) is -0.112. The lowest BCUT2D eigenvalue weighted by Crippen LogP contribution is -2.49. The first-order chi connectivity index (χ1) is 10.8. The molecule has 136 valence electrons. The van der Waals surface area contributed by atoms with Gasteiger partial charge in [-0.15, -0.1) is 0 Å². The van der Waals surface area contributed by atoms with Gasteiger partial charge in [0.15, 0.2) is 0 Å². The van der Waals surface area contributed by atoms with Gasteiger partial charge in [-0.05, 0) is 39.0 Å². The van der Waals surface area contributed by atoms with E-state index in [1.807, 2.05) is 13.8 Å². The normalized spacial score (nSPS) is 22.9. The van der Waals surface area contributed by atoms with Crippen LogP contribution in [0.4, 0.5) is 0 Å². The Balaban J connectivity index is 2.30. The number of ether oxygens (including phenoxy) is 1. The summed E-state index contributed by atoms with van der Waals surface area (Å²) < 4.78 is 30.2. The standard InChI is InChI=1S/C15H31N3O4S/c1-4-22-10-6-9-16-15(19)12(2)18-14-8-5-7-13(14)11-17-23(3,20)21/h12-14,17-18H,4-11H2,1-3H3,(H,16,19). The van der Waals surface area contributed by atoms with E-state index in [1.165, 1.54) is 6.26 Å². The fourth-order valence-electron chi connectivity index (χ4n) is 2.84. The van der Waals surface area contributed by atoms with Crippen LogP contribution in [-0.4, -0.2) is 59.0 Å². The molecule has 23 heavy (non-hydrogen) atoms. The maximum absolute atomic E-state index is 12.1. The number of carbonyl (C=O) groups is 1. The van der Waals surface area contributed by atoms with Crippen molar-refractivity contribution >= 4 is 15.9 Å². The predicted octanol–water partition coefficient (Wildman–Crippen LogP) is 0.225. The highest BCUT2D eigenvalue weighted by molar-refractivity contribution is 7.88. The Morgan fingerprint density at radius 2 is 2.09 bits per heavy atom. The summed E-state index contributed by atoms with van der Waals surface area (Å²) in [4.78, 5) is 12.1. The second-order valence-corrected chi connectivity index (χ2v) is 7.98. The van der Waals surface area contributed by atoms with Crippen molar-refractivity contribution in [3.63, 3.8) is 0 Å². The second-order valence-electron chi connectivity index (χ2n) is 6.15. The number of rotatable bonds is 11. The minimum Gasteiger partial charge on any atom is -0.382 e. The zero-order valence-electron chi connectivity index (χ0n) is 14.4. The lowest BCUT2D eigenvalue weighted by molar-refractivity contribution is -0.123. The number of carbonyl (C=O) groups excluding carboxylic acids is 1. The fraction of sp³-hybridized carbons (Fsp3) is 0.933. The van der Waals surface area contributed by atoms with Crippen LogP contribution in [0, 0.1) is 5.92 Å². The van der Waals surface area contributed by atoms with E-state index in [4.69, 9.17) is 4.74 Å². The molecular weight excluding hydrogens is 318 g/mol. The average molecular weight is 349 g/mol. The van der Waals surface area contributed by atoms with E-state index >= 15 is 0 Å². The lowest BCUT2D eigenvalue weighted by Gasteiger charge is -2.24. The Morgan fingerprint density at radius 1 is 1.35 bits per heavy atom. The third-order valence-corrected chi connectivity index (χ3v) is 4.78. The van der Waals surface area contributed by atoms with Crippen molar-refractivity contribution in [3.05, 3.63) is 0 Å². The van der Waals surface area contributed by atoms with Gasteiger partial charge in [0.2, 0.25) is 15.9 Å². The largest absolute Gasteiger partial charge is 0.382 e. The molecule has 1 amide bonds. The maximum Gasteiger partial charge on any atom is 0.236 e. The van der Waals surface area contributed by atoms with E-state index in [1.54, 1.807) is 0 Å². The van der Waals surface area contributed by atoms with Crippen molar-refractivity contribution in [1.29, 1.82) is 0 Å². The van der Waals surface area contributed by atoms with Gasteiger partial charge in [-0.25, -0.2) is 13.1 Å². The highest BCUT2D eigenvalue weighted by Crippen LogP contribution is 2.25. The van der Waals surface area contributed by atoms with Crippen LogP contribution in [0.3, 0.4) is 0 Å². The van der Waals surface area contributed by atoms with Crippen LogP contribution in [0.1, 0.15) is 39.5 Å². The Hall–Kier alpha value is -0.700. The van der Waals surface area contributed by atoms with Crippen LogP contribution in [0.2, 0.25) is 0 Å². The van der Waals surface area contributed by atoms with Gasteiger partial charge in [0.05, 0.1) is 12.3 Å². The van der Waals surface area contributed by atoms with Gasteiger partial charge in [-0.2, -0.15) is 0 Å². The predicted molar refractivity (Wildman–Crippen MR) is 90.7 cm³/mol. The van der Waals surface area contributed by atoms with Gasteiger partial charge >= 0.3 is 0 Å². The van der Waals surface area contributed by atoms with Gasteiger partial charge in [0.1, 0.15) is 0 Å². The molecule has 1 aliphatic carbocycles. The van der Waals surface area contributed by atoms with Crippen molar-refractivity contribution in [1.82, 2.24) is 15.4 Å². The summed E-state index contributed by atoms with van der Waals surface area (Å²) in [5.41, 5.74) is 0. The summed E-state index contributed by atoms with van der Waals surface area (Å²) in [7, 11) is -3.17. The molecular formula is C15H31N3O4S. The monoisotopic (exact) mass is 349 g/mol. The third kappa shape index (κ3) is 8.64. The molecule has 0 spiro atoms. The smallest absolute Gasteiger partial charge is 0.236 e. The maximum atomic E-state index is 12.1. The highest BCUT2D eigenvalue weighted by Gasteiger charge is 2.29. The van der Waals surface area contributed by atoms with E-state index in [9.17, 15) is 13.2 Å². The van der Waals surface area contributed by atoms with Gasteiger partial charge < -0.3 is 15.4 Å². The second kappa shape index (κ2) is 10.2. The fourth-order valence-corrected chi connectivity index (χ4v) is 3.36. The summed E-state index contributed by atoms with van der Waals surface area (Å²) in [6.45, 7) is 6.17. The van der Waals surface area contributed by atoms with Crippen molar-refractivity contribution in [3.8, 4) is 0 Å². The minimum atomic E-state index is -3.17. The molecule has 0 bridgehead atoms. The van der Waals surface area contributed by atoms with Gasteiger partial charge in [0, 0.05) is 32.3 Å². The molecule has 1 fully saturated rings. The molecule has 0 aromatic carbocycles. The number of sulfonamides is 1. The number of hydrogen-bond acceptors (Lipinski definition) is 5. The molecule has 0 heterocycles. The van der Waals surface area contributed by atoms with Gasteiger partial charge in [-0.1, -0.05) is 6.42 Å². The topological polar surface area (TPSA) is 96.5 Å². The first-order valence-corrected chi connectivity index (χ1v) is 10.3. The lowest BCUT2D eigenvalue weighted by atomic mass is 10.0. The van der Waals surface area contributed by atoms with E-state index in [0.29, 0.717) is 26.3 Å². The Bertz CT molecular complexity index is 456. The highest BCUT2D eigenvalue weighted by atomic mass is 32.2. The first-order valence-electron chi connectivity index (χ1n) is 8.39. The van der Waals surface area contributed by atoms with E-state index in [-0.39, 0.29) is 23.9 Å². The Kier molecular flexibility index (Phi) is 9.04. The molecule has 8 heteroatoms. The van der Waals surface area contributed by atoms with Gasteiger partial charge in [0.25, 0.3) is 0 Å². The SMILES string of the molecule is CCOCCCNC(=O)C(C)NC1CCCC1CNS(C)(=O)=O. The first kappa shape index (κ1) is 20.3. The molecule has 0 aliphatic heterocycles. The molecule has 3 atom stereocenters. The summed E-state index contributed by atoms with van der Waals surface area (Å²) in [5, 5.41) is 6.23. The molecule has 7 nitrogen and oxygen atoms in total. The number of nitrogens with one attached hydrogen (secondary N) is 3. The quantitative estimate of drug-likeness (QED) is 0.464. The van der Waals surface area contributed by atoms with Crippen molar-refractivity contribution in [2.75, 3.05) is 32.6 Å². The molecule has 3 N–H and O–H groups in total. The van der Waals surface area contributed by atoms with Crippen LogP contribution in [0.5, 0.6) is 0 Å². The zero-order valence-corrected chi connectivity index (χ0v) is 15.2. The summed E-state index contributed by atoms with van der Waals surface area (Å²) >= 11 is 0. The molecule has 0 saturated heterocycles. The third-order valence-electron chi connectivity index (χ3n) is 4.09. The van der Waals surface area contributed by atoms with Crippen molar-refractivity contribution < 1.29 is 17.9 Å². The molecule has 1 aliphatic rings. The van der Waals surface area contributed by atoms with Crippen LogP contribution in [0.15, 0.2) is 0 Å². The molecule has 0 aromatic rings. The van der Waals surface area contributed by atoms with E-state index in [0.717, 1.165) is 25.7 Å². The zero-order chi connectivity index (χ0) is 17.3. The molecule has 3 unspecified atom stereocenters. The van der Waals surface area contributed by atoms with Crippen LogP contribution in [-0.2, 0) is 19.6 Å². The molecule has 1 rings (SSSR count). The molecule has 1 saturated carbocycles. The number of amides is 1.